The zero-order chi connectivity index (χ0) is 45.1. The van der Waals surface area contributed by atoms with Gasteiger partial charge in [0.15, 0.2) is 11.5 Å². The van der Waals surface area contributed by atoms with Gasteiger partial charge in [-0.1, -0.05) is 70.8 Å². The molecule has 2 fully saturated rings. The summed E-state index contributed by atoms with van der Waals surface area (Å²) in [5.74, 6) is 1.60. The molecule has 12 nitrogen and oxygen atoms in total. The molecule has 12 heteroatoms. The lowest BCUT2D eigenvalue weighted by Gasteiger charge is -2.48. The van der Waals surface area contributed by atoms with Gasteiger partial charge in [0.2, 0.25) is 19.4 Å². The summed E-state index contributed by atoms with van der Waals surface area (Å²) in [5, 5.41) is 9.90. The Balaban J connectivity index is 1.36. The number of ether oxygens (including phenoxy) is 7. The molecule has 0 bridgehead atoms. The number of fused-ring (bicyclic) bond motifs is 1. The molecule has 346 valence electrons. The van der Waals surface area contributed by atoms with Crippen molar-refractivity contribution in [2.24, 2.45) is 63.6 Å². The molecule has 0 amide bonds. The van der Waals surface area contributed by atoms with Crippen LogP contribution in [-0.2, 0) is 28.7 Å². The number of hydrogen-bond donors (Lipinski definition) is 0. The number of oxime groups is 2. The lowest BCUT2D eigenvalue weighted by atomic mass is 9.65. The minimum atomic E-state index is -0.991. The molecule has 12 atom stereocenters. The number of rotatable bonds is 14. The predicted octanol–water partition coefficient (Wildman–Crippen LogP) is 10.4. The molecule has 0 aromatic heterocycles. The maximum atomic E-state index is 15.1. The van der Waals surface area contributed by atoms with Crippen molar-refractivity contribution >= 4 is 17.4 Å². The molecule has 64 heavy (non-hydrogen) atoms. The van der Waals surface area contributed by atoms with Crippen LogP contribution in [0.3, 0.4) is 0 Å². The first-order valence-electron chi connectivity index (χ1n) is 23.6. The summed E-state index contributed by atoms with van der Waals surface area (Å²) in [6.45, 7) is 15.8. The zero-order valence-electron chi connectivity index (χ0n) is 39.1. The number of hydrogen-bond acceptors (Lipinski definition) is 12. The summed E-state index contributed by atoms with van der Waals surface area (Å²) in [6.07, 6.45) is 4.01. The van der Waals surface area contributed by atoms with Gasteiger partial charge in [0.1, 0.15) is 23.1 Å². The fourth-order valence-corrected chi connectivity index (χ4v) is 11.0. The molecule has 0 N–H and O–H groups in total. The largest absolute Gasteiger partial charge is 0.497 e. The van der Waals surface area contributed by atoms with Crippen LogP contribution in [0.5, 0.6) is 23.0 Å². The third kappa shape index (κ3) is 9.59. The molecule has 8 rings (SSSR count). The first-order valence-corrected chi connectivity index (χ1v) is 23.6. The van der Waals surface area contributed by atoms with Crippen LogP contribution >= 0.6 is 0 Å². The standard InChI is InChI=1S/C52H68N2O10/c1-10-58-50(55)47-46(52(62-42-26-32(7)12-23-39(42)30(4)5)64-54-49(47)34-15-20-37(57-9)21-16-34)45-44(35-17-24-40-43(27-35)60-28-59-40)51(61-41-25-31(6)11-22-38(41)29(2)3)63-53-48(45)33-13-18-36(56-8)19-14-33/h13-21,24,27,29-32,38-39,41-42,44-47,51-52H,10-12,22-23,25-26,28H2,1-9H3/t31-,32-,38+,39+,41-,42-,44-,45+,46?,47-,51-,52-/m1/s1. The van der Waals surface area contributed by atoms with Crippen molar-refractivity contribution in [3.8, 4) is 23.0 Å². The highest BCUT2D eigenvalue weighted by Gasteiger charge is 2.57. The van der Waals surface area contributed by atoms with E-state index in [9.17, 15) is 0 Å². The monoisotopic (exact) mass is 880 g/mol. The number of benzene rings is 3. The highest BCUT2D eigenvalue weighted by Crippen LogP contribution is 2.51. The lowest BCUT2D eigenvalue weighted by Crippen LogP contribution is -2.55. The topological polar surface area (TPSA) is 125 Å². The zero-order valence-corrected chi connectivity index (χ0v) is 39.1. The molecule has 0 spiro atoms. The van der Waals surface area contributed by atoms with E-state index in [-0.39, 0.29) is 31.5 Å². The highest BCUT2D eigenvalue weighted by molar-refractivity contribution is 6.13. The van der Waals surface area contributed by atoms with E-state index in [0.29, 0.717) is 69.6 Å². The Labute approximate surface area is 379 Å². The van der Waals surface area contributed by atoms with Crippen LogP contribution < -0.4 is 18.9 Å². The quantitative estimate of drug-likeness (QED) is 0.145. The highest BCUT2D eigenvalue weighted by atomic mass is 16.8. The van der Waals surface area contributed by atoms with Gasteiger partial charge in [-0.25, -0.2) is 0 Å². The first kappa shape index (κ1) is 45.7. The summed E-state index contributed by atoms with van der Waals surface area (Å²) in [4.78, 5) is 28.6. The van der Waals surface area contributed by atoms with Gasteiger partial charge in [-0.2, -0.15) is 0 Å². The SMILES string of the molecule is CCOC(=O)[C@H]1C(c2ccc(OC)cc2)=NO[C@@H](O[C@@H]2C[C@H](C)CC[C@H]2C(C)C)C1[C@H]1C(c2ccc(OC)cc2)=NO[C@@H](O[C@@H]2C[C@H](C)CC[C@H]2C(C)C)[C@@H]1c1ccc2c(c1)OCO2. The van der Waals surface area contributed by atoms with Gasteiger partial charge in [-0.05, 0) is 140 Å². The Kier molecular flexibility index (Phi) is 14.4. The maximum absolute atomic E-state index is 15.1. The average molecular weight is 881 g/mol. The third-order valence-electron chi connectivity index (χ3n) is 14.5. The number of carbonyl (C=O) groups is 1. The molecule has 3 aromatic carbocycles. The molecule has 5 aliphatic rings. The van der Waals surface area contributed by atoms with E-state index in [0.717, 1.165) is 49.7 Å². The Bertz CT molecular complexity index is 2100. The molecule has 2 saturated carbocycles. The van der Waals surface area contributed by atoms with Crippen LogP contribution in [0.25, 0.3) is 0 Å². The van der Waals surface area contributed by atoms with Crippen molar-refractivity contribution in [3.05, 3.63) is 83.4 Å². The summed E-state index contributed by atoms with van der Waals surface area (Å²) in [5.41, 5.74) is 3.43. The lowest BCUT2D eigenvalue weighted by molar-refractivity contribution is -0.252. The molecule has 3 aromatic rings. The van der Waals surface area contributed by atoms with Gasteiger partial charge in [0.05, 0.1) is 50.6 Å². The molecular weight excluding hydrogens is 813 g/mol. The minimum absolute atomic E-state index is 0.0916. The second kappa shape index (κ2) is 20.1. The van der Waals surface area contributed by atoms with E-state index in [4.69, 9.17) is 53.1 Å². The van der Waals surface area contributed by atoms with Crippen molar-refractivity contribution in [2.75, 3.05) is 27.6 Å². The summed E-state index contributed by atoms with van der Waals surface area (Å²) in [6, 6.07) is 21.4. The van der Waals surface area contributed by atoms with E-state index in [1.54, 1.807) is 14.2 Å². The molecular formula is C52H68N2O10. The second-order valence-corrected chi connectivity index (χ2v) is 19.3. The molecule has 2 aliphatic carbocycles. The molecule has 1 unspecified atom stereocenters. The van der Waals surface area contributed by atoms with Crippen molar-refractivity contribution in [1.29, 1.82) is 0 Å². The number of nitrogens with zero attached hydrogens (tertiary/aromatic N) is 2. The van der Waals surface area contributed by atoms with Crippen molar-refractivity contribution in [2.45, 2.75) is 118 Å². The van der Waals surface area contributed by atoms with E-state index in [1.807, 2.05) is 67.6 Å². The van der Waals surface area contributed by atoms with Gasteiger partial charge in [-0.3, -0.25) is 4.79 Å². The normalized spacial score (nSPS) is 31.4. The number of esters is 1. The molecule has 0 saturated heterocycles. The minimum Gasteiger partial charge on any atom is -0.497 e. The Morgan fingerprint density at radius 3 is 1.77 bits per heavy atom. The maximum Gasteiger partial charge on any atom is 0.315 e. The van der Waals surface area contributed by atoms with Gasteiger partial charge >= 0.3 is 5.97 Å². The summed E-state index contributed by atoms with van der Waals surface area (Å²) >= 11 is 0. The van der Waals surface area contributed by atoms with Crippen molar-refractivity contribution in [3.63, 3.8) is 0 Å². The van der Waals surface area contributed by atoms with Crippen LogP contribution in [0.2, 0.25) is 0 Å². The van der Waals surface area contributed by atoms with Crippen molar-refractivity contribution < 1.29 is 47.6 Å². The second-order valence-electron chi connectivity index (χ2n) is 19.3. The number of carbonyl (C=O) groups excluding carboxylic acids is 1. The smallest absolute Gasteiger partial charge is 0.315 e. The third-order valence-corrected chi connectivity index (χ3v) is 14.5. The van der Waals surface area contributed by atoms with Gasteiger partial charge < -0.3 is 42.8 Å². The molecule has 3 aliphatic heterocycles. The Morgan fingerprint density at radius 2 is 1.20 bits per heavy atom. The molecule has 3 heterocycles. The first-order chi connectivity index (χ1) is 31.0. The summed E-state index contributed by atoms with van der Waals surface area (Å²) < 4.78 is 43.9. The van der Waals surface area contributed by atoms with E-state index >= 15 is 4.79 Å². The van der Waals surface area contributed by atoms with Crippen LogP contribution in [0.4, 0.5) is 0 Å². The molecule has 0 radical (unpaired) electrons. The Hall–Kier alpha value is -4.81. The van der Waals surface area contributed by atoms with Crippen LogP contribution in [0.1, 0.15) is 110 Å². The van der Waals surface area contributed by atoms with E-state index in [1.165, 1.54) is 0 Å². The number of methoxy groups -OCH3 is 2. The fraction of sp³-hybridized carbons (Fsp3) is 0.596. The van der Waals surface area contributed by atoms with E-state index < -0.39 is 42.2 Å². The Morgan fingerprint density at radius 1 is 0.672 bits per heavy atom. The van der Waals surface area contributed by atoms with Crippen LogP contribution in [-0.4, -0.2) is 69.8 Å². The van der Waals surface area contributed by atoms with Gasteiger partial charge in [-0.15, -0.1) is 0 Å². The van der Waals surface area contributed by atoms with E-state index in [2.05, 4.69) is 47.6 Å². The van der Waals surface area contributed by atoms with Crippen molar-refractivity contribution in [1.82, 2.24) is 0 Å². The summed E-state index contributed by atoms with van der Waals surface area (Å²) in [7, 11) is 3.28. The average Bonchev–Trinajstić information content (AvgIpc) is 3.77. The van der Waals surface area contributed by atoms with Crippen LogP contribution in [0, 0.1) is 53.3 Å². The van der Waals surface area contributed by atoms with Gasteiger partial charge in [0.25, 0.3) is 0 Å². The van der Waals surface area contributed by atoms with Gasteiger partial charge in [0, 0.05) is 11.5 Å². The van der Waals surface area contributed by atoms with Crippen LogP contribution in [0.15, 0.2) is 77.0 Å². The fourth-order valence-electron chi connectivity index (χ4n) is 11.0. The predicted molar refractivity (Wildman–Crippen MR) is 244 cm³/mol.